The topological polar surface area (TPSA) is 280 Å². The zero-order valence-corrected chi connectivity index (χ0v) is 23.0. The lowest BCUT2D eigenvalue weighted by molar-refractivity contribution is -0.162. The van der Waals surface area contributed by atoms with Gasteiger partial charge in [-0.2, -0.15) is 0 Å². The number of fused-ring (bicyclic) bond motifs is 3. The van der Waals surface area contributed by atoms with Crippen LogP contribution in [0, 0.1) is 11.8 Å². The van der Waals surface area contributed by atoms with Crippen molar-refractivity contribution in [1.82, 2.24) is 4.90 Å². The maximum atomic E-state index is 13.9. The van der Waals surface area contributed by atoms with Gasteiger partial charge >= 0.3 is 0 Å². The molecule has 0 spiro atoms. The number of ketones is 2. The molecule has 226 valence electrons. The Labute approximate surface area is 239 Å². The number of nitrogens with zero attached hydrogens (tertiary/aromatic N) is 1. The number of nitrogens with two attached hydrogens (primary N) is 3. The van der Waals surface area contributed by atoms with Gasteiger partial charge in [0, 0.05) is 17.9 Å². The molecule has 1 aromatic rings. The van der Waals surface area contributed by atoms with E-state index in [1.165, 1.54) is 31.1 Å². The summed E-state index contributed by atoms with van der Waals surface area (Å²) in [5, 5.41) is 59.0. The lowest BCUT2D eigenvalue weighted by atomic mass is 9.55. The first-order valence-electron chi connectivity index (χ1n) is 13.0. The second-order valence-corrected chi connectivity index (χ2v) is 11.1. The number of primary amides is 2. The van der Waals surface area contributed by atoms with Crippen LogP contribution in [0.4, 0.5) is 5.69 Å². The summed E-state index contributed by atoms with van der Waals surface area (Å²) in [5.74, 6) is -11.8. The van der Waals surface area contributed by atoms with E-state index in [-0.39, 0.29) is 29.7 Å². The van der Waals surface area contributed by atoms with E-state index in [9.17, 15) is 49.5 Å². The summed E-state index contributed by atoms with van der Waals surface area (Å²) in [6, 6.07) is 0.172. The number of aliphatic hydroxyl groups is 4. The van der Waals surface area contributed by atoms with Crippen molar-refractivity contribution in [2.45, 2.75) is 49.5 Å². The molecule has 0 radical (unpaired) electrons. The molecule has 3 aliphatic rings. The van der Waals surface area contributed by atoms with Gasteiger partial charge in [0.25, 0.3) is 5.91 Å². The number of hydrogen-bond donors (Lipinski definition) is 9. The van der Waals surface area contributed by atoms with Crippen LogP contribution in [0.15, 0.2) is 34.8 Å². The average Bonchev–Trinajstić information content (AvgIpc) is 2.90. The highest BCUT2D eigenvalue weighted by Crippen LogP contribution is 2.56. The third kappa shape index (κ3) is 4.32. The van der Waals surface area contributed by atoms with Gasteiger partial charge in [0.2, 0.25) is 17.6 Å². The van der Waals surface area contributed by atoms with Gasteiger partial charge in [0.1, 0.15) is 17.1 Å². The molecule has 42 heavy (non-hydrogen) atoms. The first-order valence-corrected chi connectivity index (χ1v) is 13.0. The Morgan fingerprint density at radius 1 is 1.12 bits per heavy atom. The van der Waals surface area contributed by atoms with Crippen LogP contribution in [-0.4, -0.2) is 97.6 Å². The minimum Gasteiger partial charge on any atom is -0.510 e. The van der Waals surface area contributed by atoms with E-state index in [1.54, 1.807) is 6.92 Å². The third-order valence-corrected chi connectivity index (χ3v) is 8.43. The number of Topliss-reactive ketones (excluding diaryl/α,β-unsaturated/α-hetero) is 2. The number of carbonyl (C=O) groups excluding carboxylic acids is 5. The molecule has 4 rings (SSSR count). The summed E-state index contributed by atoms with van der Waals surface area (Å²) in [6.45, 7) is 1.58. The lowest BCUT2D eigenvalue weighted by Gasteiger charge is -2.53. The highest BCUT2D eigenvalue weighted by molar-refractivity contribution is 6.25. The number of hydrogen-bond acceptors (Lipinski definition) is 12. The summed E-state index contributed by atoms with van der Waals surface area (Å²) in [7, 11) is 2.88. The maximum Gasteiger partial charge on any atom is 0.255 e. The predicted molar refractivity (Wildman–Crippen MR) is 145 cm³/mol. The highest BCUT2D eigenvalue weighted by atomic mass is 16.4. The van der Waals surface area contributed by atoms with Crippen molar-refractivity contribution in [3.05, 3.63) is 45.9 Å². The zero-order chi connectivity index (χ0) is 31.6. The number of anilines is 1. The highest BCUT2D eigenvalue weighted by Gasteiger charge is 2.67. The zero-order valence-electron chi connectivity index (χ0n) is 23.0. The Morgan fingerprint density at radius 2 is 1.74 bits per heavy atom. The van der Waals surface area contributed by atoms with Crippen LogP contribution < -0.4 is 22.5 Å². The molecule has 0 bridgehead atoms. The minimum absolute atomic E-state index is 0.0812. The number of benzene rings is 1. The van der Waals surface area contributed by atoms with E-state index in [0.29, 0.717) is 0 Å². The number of amides is 3. The lowest BCUT2D eigenvalue weighted by Crippen LogP contribution is -2.68. The largest absolute Gasteiger partial charge is 0.510 e. The molecule has 1 aromatic carbocycles. The van der Waals surface area contributed by atoms with Crippen LogP contribution in [0.25, 0.3) is 0 Å². The van der Waals surface area contributed by atoms with Crippen LogP contribution >= 0.6 is 0 Å². The second-order valence-electron chi connectivity index (χ2n) is 11.1. The van der Waals surface area contributed by atoms with Crippen LogP contribution in [0.2, 0.25) is 0 Å². The van der Waals surface area contributed by atoms with Crippen molar-refractivity contribution in [3.8, 4) is 5.75 Å². The smallest absolute Gasteiger partial charge is 0.255 e. The number of nitrogens with one attached hydrogen (secondary N) is 1. The molecule has 3 aliphatic carbocycles. The molecular weight excluding hydrogens is 554 g/mol. The number of phenolic OH excluding ortho intramolecular Hbond substituents is 1. The Bertz CT molecular complexity index is 1480. The summed E-state index contributed by atoms with van der Waals surface area (Å²) >= 11 is 0. The van der Waals surface area contributed by atoms with Gasteiger partial charge in [0.05, 0.1) is 35.4 Å². The van der Waals surface area contributed by atoms with Crippen LogP contribution in [0.3, 0.4) is 0 Å². The van der Waals surface area contributed by atoms with Crippen LogP contribution in [0.5, 0.6) is 5.75 Å². The molecule has 7 atom stereocenters. The first kappa shape index (κ1) is 30.6. The number of aromatic hydroxyl groups is 1. The van der Waals surface area contributed by atoms with Crippen molar-refractivity contribution in [2.75, 3.05) is 19.4 Å². The van der Waals surface area contributed by atoms with Crippen molar-refractivity contribution in [2.24, 2.45) is 29.0 Å². The van der Waals surface area contributed by atoms with E-state index in [0.717, 1.165) is 0 Å². The molecule has 12 N–H and O–H groups in total. The number of phenols is 1. The van der Waals surface area contributed by atoms with E-state index < -0.39 is 99.2 Å². The Kier molecular flexibility index (Phi) is 7.67. The summed E-state index contributed by atoms with van der Waals surface area (Å²) in [4.78, 5) is 64.3. The fourth-order valence-electron chi connectivity index (χ4n) is 6.38. The minimum atomic E-state index is -3.04. The molecule has 3 amide bonds. The number of carbonyl (C=O) groups is 5. The van der Waals surface area contributed by atoms with Crippen LogP contribution in [0.1, 0.15) is 41.6 Å². The van der Waals surface area contributed by atoms with E-state index in [2.05, 4.69) is 5.32 Å². The summed E-state index contributed by atoms with van der Waals surface area (Å²) in [6.07, 6.45) is -1.98. The molecule has 0 aliphatic heterocycles. The molecule has 0 fully saturated rings. The molecule has 0 saturated heterocycles. The van der Waals surface area contributed by atoms with Gasteiger partial charge in [-0.05, 0) is 38.1 Å². The summed E-state index contributed by atoms with van der Waals surface area (Å²) in [5.41, 5.74) is 11.2. The fraction of sp³-hybridized carbons (Fsp3) is 0.444. The van der Waals surface area contributed by atoms with Gasteiger partial charge in [-0.1, -0.05) is 13.0 Å². The third-order valence-electron chi connectivity index (χ3n) is 8.43. The maximum absolute atomic E-state index is 13.9. The van der Waals surface area contributed by atoms with Gasteiger partial charge < -0.3 is 48.1 Å². The van der Waals surface area contributed by atoms with Gasteiger partial charge in [-0.15, -0.1) is 0 Å². The number of likely N-dealkylation sites (N-methyl/N-ethyl adjacent to an activating group) is 1. The van der Waals surface area contributed by atoms with Crippen LogP contribution in [-0.2, 0) is 19.2 Å². The Balaban J connectivity index is 1.86. The SMILES string of the molecule is CC1c2ccc(NC(=O)[C@@H](N)CCC(N)=O)c(O)c2C(=O)C2=C(O)C3(O)C(=O)C(C(N)=O)=C(O)[C@@H](N(C)C)C3C(O)C21. The average molecular weight is 588 g/mol. The molecule has 0 aromatic heterocycles. The fourth-order valence-corrected chi connectivity index (χ4v) is 6.38. The van der Waals surface area contributed by atoms with Gasteiger partial charge in [0.15, 0.2) is 17.1 Å². The molecule has 0 saturated carbocycles. The number of aliphatic hydroxyl groups excluding tert-OH is 3. The number of rotatable bonds is 7. The molecule has 0 heterocycles. The second kappa shape index (κ2) is 10.5. The standard InChI is InChI=1S/C27H33N5O10/c1-8-9-4-6-11(31-26(41)10(28)5-7-12(29)33)19(34)14(9)20(35)15-13(8)21(36)17-18(32(2)3)22(37)16(25(30)40)24(39)27(17,42)23(15)38/h4,6,8,10,13,17-18,21,34,36-38,42H,5,7,28H2,1-3H3,(H2,29,33)(H2,30,40)(H,31,41)/t8?,10-,13?,17?,18-,21?,27?/m0/s1. The van der Waals surface area contributed by atoms with E-state index >= 15 is 0 Å². The van der Waals surface area contributed by atoms with Gasteiger partial charge in [-0.3, -0.25) is 28.9 Å². The predicted octanol–water partition coefficient (Wildman–Crippen LogP) is -1.82. The van der Waals surface area contributed by atoms with Gasteiger partial charge in [-0.25, -0.2) is 0 Å². The van der Waals surface area contributed by atoms with Crippen molar-refractivity contribution in [3.63, 3.8) is 0 Å². The normalized spacial score (nSPS) is 29.5. The van der Waals surface area contributed by atoms with Crippen molar-refractivity contribution in [1.29, 1.82) is 0 Å². The quantitative estimate of drug-likeness (QED) is 0.126. The monoisotopic (exact) mass is 587 g/mol. The molecule has 5 unspecified atom stereocenters. The summed E-state index contributed by atoms with van der Waals surface area (Å²) < 4.78 is 0. The van der Waals surface area contributed by atoms with E-state index in [1.807, 2.05) is 0 Å². The Morgan fingerprint density at radius 3 is 2.29 bits per heavy atom. The first-order chi connectivity index (χ1) is 19.5. The Hall–Kier alpha value is -4.31. The van der Waals surface area contributed by atoms with E-state index in [4.69, 9.17) is 17.2 Å². The van der Waals surface area contributed by atoms with Crippen molar-refractivity contribution < 1.29 is 49.5 Å². The molecule has 15 heteroatoms. The molecule has 15 nitrogen and oxygen atoms in total. The molecular formula is C27H33N5O10. The van der Waals surface area contributed by atoms with Crippen molar-refractivity contribution >= 4 is 35.0 Å².